The van der Waals surface area contributed by atoms with Crippen LogP contribution in [0.3, 0.4) is 0 Å². The standard InChI is InChI=1S/C16H21NO3/c1-3-17(9-8-15(18)19)16(20)14-10-13(14)12-7-5-4-6-11(12)2/h4-7,13-14H,3,8-10H2,1-2H3,(H,18,19)/t13-,14-/m1/s1. The van der Waals surface area contributed by atoms with Gasteiger partial charge in [-0.1, -0.05) is 24.3 Å². The minimum atomic E-state index is -0.859. The summed E-state index contributed by atoms with van der Waals surface area (Å²) in [5, 5.41) is 8.72. The SMILES string of the molecule is CCN(CCC(=O)O)C(=O)[C@@H]1C[C@@H]1c1ccccc1C. The molecule has 0 spiro atoms. The van der Waals surface area contributed by atoms with E-state index in [1.807, 2.05) is 19.1 Å². The van der Waals surface area contributed by atoms with E-state index >= 15 is 0 Å². The number of nitrogens with zero attached hydrogens (tertiary/aromatic N) is 1. The number of carboxylic acids is 1. The number of amides is 1. The second-order valence-corrected chi connectivity index (χ2v) is 5.37. The van der Waals surface area contributed by atoms with E-state index in [0.717, 1.165) is 6.42 Å². The molecule has 20 heavy (non-hydrogen) atoms. The number of carbonyl (C=O) groups excluding carboxylic acids is 1. The minimum absolute atomic E-state index is 0.0152. The Balaban J connectivity index is 1.98. The van der Waals surface area contributed by atoms with Gasteiger partial charge in [0.2, 0.25) is 5.91 Å². The Morgan fingerprint density at radius 2 is 2.05 bits per heavy atom. The summed E-state index contributed by atoms with van der Waals surface area (Å²) in [5.74, 6) is -0.420. The Bertz CT molecular complexity index is 512. The van der Waals surface area contributed by atoms with Crippen LogP contribution in [0.25, 0.3) is 0 Å². The number of benzene rings is 1. The van der Waals surface area contributed by atoms with Crippen LogP contribution in [-0.2, 0) is 9.59 Å². The zero-order valence-corrected chi connectivity index (χ0v) is 12.0. The highest BCUT2D eigenvalue weighted by Gasteiger charge is 2.45. The first-order chi connectivity index (χ1) is 9.54. The first-order valence-electron chi connectivity index (χ1n) is 7.10. The molecule has 1 aliphatic rings. The molecule has 2 atom stereocenters. The quantitative estimate of drug-likeness (QED) is 0.867. The van der Waals surface area contributed by atoms with Gasteiger partial charge >= 0.3 is 5.97 Å². The molecule has 1 aromatic carbocycles. The molecule has 1 N–H and O–H groups in total. The van der Waals surface area contributed by atoms with E-state index in [1.54, 1.807) is 4.90 Å². The molecule has 0 radical (unpaired) electrons. The van der Waals surface area contributed by atoms with Gasteiger partial charge in [-0.3, -0.25) is 9.59 Å². The van der Waals surface area contributed by atoms with E-state index < -0.39 is 5.97 Å². The third-order valence-electron chi connectivity index (χ3n) is 3.98. The van der Waals surface area contributed by atoms with E-state index in [0.29, 0.717) is 19.0 Å². The molecule has 1 amide bonds. The highest BCUT2D eigenvalue weighted by atomic mass is 16.4. The van der Waals surface area contributed by atoms with Gasteiger partial charge in [0.05, 0.1) is 6.42 Å². The van der Waals surface area contributed by atoms with Crippen molar-refractivity contribution >= 4 is 11.9 Å². The van der Waals surface area contributed by atoms with Gasteiger partial charge in [-0.2, -0.15) is 0 Å². The number of carboxylic acid groups (broad SMARTS) is 1. The van der Waals surface area contributed by atoms with Crippen LogP contribution in [0.2, 0.25) is 0 Å². The molecule has 0 bridgehead atoms. The second-order valence-electron chi connectivity index (χ2n) is 5.37. The molecule has 0 unspecified atom stereocenters. The smallest absolute Gasteiger partial charge is 0.305 e. The Labute approximate surface area is 119 Å². The zero-order chi connectivity index (χ0) is 14.7. The molecule has 4 nitrogen and oxygen atoms in total. The van der Waals surface area contributed by atoms with Crippen molar-refractivity contribution < 1.29 is 14.7 Å². The molecule has 1 aromatic rings. The van der Waals surface area contributed by atoms with Gasteiger partial charge in [-0.15, -0.1) is 0 Å². The van der Waals surface area contributed by atoms with Crippen molar-refractivity contribution in [3.8, 4) is 0 Å². The van der Waals surface area contributed by atoms with Gasteiger partial charge in [0.15, 0.2) is 0 Å². The average molecular weight is 275 g/mol. The molecule has 108 valence electrons. The maximum absolute atomic E-state index is 12.4. The third kappa shape index (κ3) is 3.18. The Morgan fingerprint density at radius 1 is 1.35 bits per heavy atom. The van der Waals surface area contributed by atoms with Gasteiger partial charge in [-0.05, 0) is 37.3 Å². The predicted molar refractivity (Wildman–Crippen MR) is 76.5 cm³/mol. The fourth-order valence-electron chi connectivity index (χ4n) is 2.70. The fraction of sp³-hybridized carbons (Fsp3) is 0.500. The molecule has 0 saturated heterocycles. The average Bonchev–Trinajstić information content (AvgIpc) is 3.19. The summed E-state index contributed by atoms with van der Waals surface area (Å²) >= 11 is 0. The molecule has 1 saturated carbocycles. The summed E-state index contributed by atoms with van der Waals surface area (Å²) < 4.78 is 0. The van der Waals surface area contributed by atoms with Crippen molar-refractivity contribution in [3.05, 3.63) is 35.4 Å². The molecule has 1 fully saturated rings. The van der Waals surface area contributed by atoms with E-state index in [4.69, 9.17) is 5.11 Å². The van der Waals surface area contributed by atoms with Crippen molar-refractivity contribution in [1.29, 1.82) is 0 Å². The number of carbonyl (C=O) groups is 2. The largest absolute Gasteiger partial charge is 0.481 e. The molecular weight excluding hydrogens is 254 g/mol. The van der Waals surface area contributed by atoms with Crippen LogP contribution in [0.4, 0.5) is 0 Å². The van der Waals surface area contributed by atoms with E-state index in [2.05, 4.69) is 19.1 Å². The van der Waals surface area contributed by atoms with Crippen LogP contribution in [0, 0.1) is 12.8 Å². The van der Waals surface area contributed by atoms with Crippen LogP contribution in [0.1, 0.15) is 36.8 Å². The third-order valence-corrected chi connectivity index (χ3v) is 3.98. The van der Waals surface area contributed by atoms with Gasteiger partial charge < -0.3 is 10.0 Å². The summed E-state index contributed by atoms with van der Waals surface area (Å²) in [4.78, 5) is 24.7. The van der Waals surface area contributed by atoms with Crippen molar-refractivity contribution in [2.45, 2.75) is 32.6 Å². The molecule has 0 heterocycles. The zero-order valence-electron chi connectivity index (χ0n) is 12.0. The van der Waals surface area contributed by atoms with Crippen LogP contribution in [0.15, 0.2) is 24.3 Å². The van der Waals surface area contributed by atoms with Crippen LogP contribution in [0.5, 0.6) is 0 Å². The Kier molecular flexibility index (Phi) is 4.42. The Hall–Kier alpha value is -1.84. The van der Waals surface area contributed by atoms with Gasteiger partial charge in [0.25, 0.3) is 0 Å². The second kappa shape index (κ2) is 6.07. The van der Waals surface area contributed by atoms with Gasteiger partial charge in [0, 0.05) is 19.0 Å². The summed E-state index contributed by atoms with van der Waals surface area (Å²) in [7, 11) is 0. The highest BCUT2D eigenvalue weighted by molar-refractivity contribution is 5.83. The normalized spacial score (nSPS) is 20.5. The lowest BCUT2D eigenvalue weighted by molar-refractivity contribution is -0.138. The predicted octanol–water partition coefficient (Wildman–Crippen LogP) is 2.42. The van der Waals surface area contributed by atoms with Crippen LogP contribution >= 0.6 is 0 Å². The summed E-state index contributed by atoms with van der Waals surface area (Å²) in [6, 6.07) is 8.16. The van der Waals surface area contributed by atoms with Crippen molar-refractivity contribution in [2.75, 3.05) is 13.1 Å². The summed E-state index contributed by atoms with van der Waals surface area (Å²) in [6.45, 7) is 4.84. The van der Waals surface area contributed by atoms with Crippen LogP contribution in [-0.4, -0.2) is 35.0 Å². The number of hydrogen-bond donors (Lipinski definition) is 1. The lowest BCUT2D eigenvalue weighted by Gasteiger charge is -2.20. The lowest BCUT2D eigenvalue weighted by Crippen LogP contribution is -2.34. The molecule has 1 aliphatic carbocycles. The van der Waals surface area contributed by atoms with Crippen molar-refractivity contribution in [1.82, 2.24) is 4.90 Å². The molecule has 0 aliphatic heterocycles. The minimum Gasteiger partial charge on any atom is -0.481 e. The number of aliphatic carboxylic acids is 1. The Morgan fingerprint density at radius 3 is 2.65 bits per heavy atom. The first kappa shape index (κ1) is 14.6. The van der Waals surface area contributed by atoms with Crippen LogP contribution < -0.4 is 0 Å². The lowest BCUT2D eigenvalue weighted by atomic mass is 10.0. The molecule has 4 heteroatoms. The van der Waals surface area contributed by atoms with E-state index in [1.165, 1.54) is 11.1 Å². The van der Waals surface area contributed by atoms with Crippen molar-refractivity contribution in [3.63, 3.8) is 0 Å². The summed E-state index contributed by atoms with van der Waals surface area (Å²) in [6.07, 6.45) is 0.897. The molecular formula is C16H21NO3. The monoisotopic (exact) mass is 275 g/mol. The number of hydrogen-bond acceptors (Lipinski definition) is 2. The molecule has 0 aromatic heterocycles. The topological polar surface area (TPSA) is 57.6 Å². The first-order valence-corrected chi connectivity index (χ1v) is 7.10. The summed E-state index contributed by atoms with van der Waals surface area (Å²) in [5.41, 5.74) is 2.47. The van der Waals surface area contributed by atoms with Gasteiger partial charge in [0.1, 0.15) is 0 Å². The maximum Gasteiger partial charge on any atom is 0.305 e. The number of rotatable bonds is 6. The van der Waals surface area contributed by atoms with Gasteiger partial charge in [-0.25, -0.2) is 0 Å². The highest BCUT2D eigenvalue weighted by Crippen LogP contribution is 2.49. The van der Waals surface area contributed by atoms with E-state index in [9.17, 15) is 9.59 Å². The van der Waals surface area contributed by atoms with E-state index in [-0.39, 0.29) is 18.2 Å². The fourth-order valence-corrected chi connectivity index (χ4v) is 2.70. The maximum atomic E-state index is 12.4. The number of aryl methyl sites for hydroxylation is 1. The van der Waals surface area contributed by atoms with Crippen molar-refractivity contribution in [2.24, 2.45) is 5.92 Å². The molecule has 2 rings (SSSR count).